The van der Waals surface area contributed by atoms with E-state index in [-0.39, 0.29) is 11.9 Å². The molecule has 0 bridgehead atoms. The molecule has 1 atom stereocenters. The lowest BCUT2D eigenvalue weighted by atomic mass is 9.99. The van der Waals surface area contributed by atoms with Crippen LogP contribution in [0.25, 0.3) is 0 Å². The van der Waals surface area contributed by atoms with E-state index < -0.39 is 0 Å². The lowest BCUT2D eigenvalue weighted by Gasteiger charge is -2.18. The van der Waals surface area contributed by atoms with Gasteiger partial charge in [-0.25, -0.2) is 4.39 Å². The standard InChI is InChI=1S/C14H12Br3FN2/c15-9-1-2-12(13(17)7-9)14(20-19)5-8-3-10(16)6-11(18)4-8/h1-4,6-7,14,20H,5,19H2. The summed E-state index contributed by atoms with van der Waals surface area (Å²) >= 11 is 10.2. The fraction of sp³-hybridized carbons (Fsp3) is 0.143. The minimum absolute atomic E-state index is 0.105. The van der Waals surface area contributed by atoms with Crippen molar-refractivity contribution in [3.05, 3.63) is 66.8 Å². The van der Waals surface area contributed by atoms with Crippen molar-refractivity contribution in [2.75, 3.05) is 0 Å². The van der Waals surface area contributed by atoms with Gasteiger partial charge < -0.3 is 0 Å². The summed E-state index contributed by atoms with van der Waals surface area (Å²) in [6, 6.07) is 10.6. The van der Waals surface area contributed by atoms with E-state index in [4.69, 9.17) is 5.84 Å². The lowest BCUT2D eigenvalue weighted by molar-refractivity contribution is 0.546. The third-order valence-electron chi connectivity index (χ3n) is 2.90. The minimum atomic E-state index is -0.264. The zero-order valence-corrected chi connectivity index (χ0v) is 15.1. The molecule has 0 amide bonds. The van der Waals surface area contributed by atoms with Crippen LogP contribution in [0.2, 0.25) is 0 Å². The molecule has 6 heteroatoms. The number of nitrogens with one attached hydrogen (secondary N) is 1. The van der Waals surface area contributed by atoms with Crippen LogP contribution in [0, 0.1) is 5.82 Å². The second-order valence-electron chi connectivity index (χ2n) is 4.37. The molecule has 3 N–H and O–H groups in total. The summed E-state index contributed by atoms with van der Waals surface area (Å²) < 4.78 is 16.1. The van der Waals surface area contributed by atoms with Crippen molar-refractivity contribution in [2.24, 2.45) is 5.84 Å². The Morgan fingerprint density at radius 2 is 1.80 bits per heavy atom. The van der Waals surface area contributed by atoms with Crippen LogP contribution in [0.4, 0.5) is 4.39 Å². The number of hydrazine groups is 1. The zero-order valence-electron chi connectivity index (χ0n) is 10.3. The van der Waals surface area contributed by atoms with Gasteiger partial charge >= 0.3 is 0 Å². The summed E-state index contributed by atoms with van der Waals surface area (Å²) in [5.41, 5.74) is 4.68. The maximum absolute atomic E-state index is 13.4. The van der Waals surface area contributed by atoms with Gasteiger partial charge in [0, 0.05) is 13.4 Å². The first-order chi connectivity index (χ1) is 9.49. The van der Waals surface area contributed by atoms with Crippen LogP contribution < -0.4 is 11.3 Å². The third-order valence-corrected chi connectivity index (χ3v) is 4.54. The highest BCUT2D eigenvalue weighted by Crippen LogP contribution is 2.29. The van der Waals surface area contributed by atoms with E-state index in [1.54, 1.807) is 0 Å². The van der Waals surface area contributed by atoms with Gasteiger partial charge in [0.15, 0.2) is 0 Å². The second kappa shape index (κ2) is 7.13. The van der Waals surface area contributed by atoms with E-state index in [0.717, 1.165) is 24.5 Å². The number of benzene rings is 2. The first-order valence-electron chi connectivity index (χ1n) is 5.85. The van der Waals surface area contributed by atoms with Crippen molar-refractivity contribution in [2.45, 2.75) is 12.5 Å². The molecule has 0 aromatic heterocycles. The van der Waals surface area contributed by atoms with Crippen molar-refractivity contribution in [3.8, 4) is 0 Å². The number of rotatable bonds is 4. The van der Waals surface area contributed by atoms with Crippen LogP contribution in [0.3, 0.4) is 0 Å². The van der Waals surface area contributed by atoms with Gasteiger partial charge in [-0.2, -0.15) is 0 Å². The minimum Gasteiger partial charge on any atom is -0.271 e. The van der Waals surface area contributed by atoms with Gasteiger partial charge in [0.1, 0.15) is 5.82 Å². The fourth-order valence-electron chi connectivity index (χ4n) is 2.01. The third kappa shape index (κ3) is 4.11. The first kappa shape index (κ1) is 16.1. The van der Waals surface area contributed by atoms with E-state index in [9.17, 15) is 4.39 Å². The molecule has 2 rings (SSSR count). The molecule has 0 aliphatic rings. The van der Waals surface area contributed by atoms with E-state index in [1.165, 1.54) is 12.1 Å². The van der Waals surface area contributed by atoms with Gasteiger partial charge in [-0.1, -0.05) is 53.9 Å². The number of hydrogen-bond donors (Lipinski definition) is 2. The molecule has 0 aliphatic heterocycles. The van der Waals surface area contributed by atoms with Gasteiger partial charge in [0.05, 0.1) is 6.04 Å². The Morgan fingerprint density at radius 1 is 1.05 bits per heavy atom. The van der Waals surface area contributed by atoms with E-state index in [0.29, 0.717) is 6.42 Å². The topological polar surface area (TPSA) is 38.0 Å². The SMILES string of the molecule is NNC(Cc1cc(F)cc(Br)c1)c1ccc(Br)cc1Br. The number of nitrogens with two attached hydrogens (primary N) is 1. The van der Waals surface area contributed by atoms with Crippen LogP contribution >= 0.6 is 47.8 Å². The first-order valence-corrected chi connectivity index (χ1v) is 8.23. The largest absolute Gasteiger partial charge is 0.271 e. The normalized spacial score (nSPS) is 12.4. The Bertz CT molecular complexity index is 599. The lowest BCUT2D eigenvalue weighted by Crippen LogP contribution is -2.29. The van der Waals surface area contributed by atoms with Crippen LogP contribution in [-0.2, 0) is 6.42 Å². The molecule has 0 heterocycles. The molecule has 0 spiro atoms. The van der Waals surface area contributed by atoms with Crippen molar-refractivity contribution in [3.63, 3.8) is 0 Å². The summed E-state index contributed by atoms with van der Waals surface area (Å²) in [6.45, 7) is 0. The van der Waals surface area contributed by atoms with E-state index in [2.05, 4.69) is 53.2 Å². The quantitative estimate of drug-likeness (QED) is 0.499. The molecule has 2 aromatic rings. The highest BCUT2D eigenvalue weighted by Gasteiger charge is 2.14. The molecule has 0 aliphatic carbocycles. The summed E-state index contributed by atoms with van der Waals surface area (Å²) in [4.78, 5) is 0. The van der Waals surface area contributed by atoms with Crippen molar-refractivity contribution >= 4 is 47.8 Å². The zero-order chi connectivity index (χ0) is 14.7. The summed E-state index contributed by atoms with van der Waals surface area (Å²) in [5, 5.41) is 0. The fourth-order valence-corrected chi connectivity index (χ4v) is 3.84. The molecule has 2 aromatic carbocycles. The van der Waals surface area contributed by atoms with Crippen molar-refractivity contribution < 1.29 is 4.39 Å². The highest BCUT2D eigenvalue weighted by atomic mass is 79.9. The van der Waals surface area contributed by atoms with Gasteiger partial charge in [-0.05, 0) is 47.9 Å². The van der Waals surface area contributed by atoms with Gasteiger partial charge in [0.25, 0.3) is 0 Å². The molecule has 20 heavy (non-hydrogen) atoms. The van der Waals surface area contributed by atoms with Crippen molar-refractivity contribution in [1.82, 2.24) is 5.43 Å². The number of hydrogen-bond acceptors (Lipinski definition) is 2. The Kier molecular flexibility index (Phi) is 5.74. The number of halogens is 4. The monoisotopic (exact) mass is 464 g/mol. The molecular weight excluding hydrogens is 455 g/mol. The Labute approximate surface area is 142 Å². The van der Waals surface area contributed by atoms with Crippen LogP contribution in [0.1, 0.15) is 17.2 Å². The van der Waals surface area contributed by atoms with Gasteiger partial charge in [-0.15, -0.1) is 0 Å². The molecule has 0 fully saturated rings. The van der Waals surface area contributed by atoms with Crippen LogP contribution in [0.5, 0.6) is 0 Å². The van der Waals surface area contributed by atoms with Crippen molar-refractivity contribution in [1.29, 1.82) is 0 Å². The van der Waals surface area contributed by atoms with E-state index in [1.807, 2.05) is 24.3 Å². The Morgan fingerprint density at radius 3 is 2.40 bits per heavy atom. The maximum Gasteiger partial charge on any atom is 0.124 e. The van der Waals surface area contributed by atoms with Crippen LogP contribution in [-0.4, -0.2) is 0 Å². The highest BCUT2D eigenvalue weighted by molar-refractivity contribution is 9.11. The summed E-state index contributed by atoms with van der Waals surface area (Å²) in [5.74, 6) is 5.38. The molecular formula is C14H12Br3FN2. The Balaban J connectivity index is 2.28. The average molecular weight is 467 g/mol. The maximum atomic E-state index is 13.4. The molecule has 0 saturated heterocycles. The van der Waals surface area contributed by atoms with Gasteiger partial charge in [-0.3, -0.25) is 11.3 Å². The predicted molar refractivity (Wildman–Crippen MR) is 89.7 cm³/mol. The Hall–Kier alpha value is -0.270. The summed E-state index contributed by atoms with van der Waals surface area (Å²) in [7, 11) is 0. The predicted octanol–water partition coefficient (Wildman–Crippen LogP) is 4.86. The molecule has 106 valence electrons. The molecule has 0 radical (unpaired) electrons. The summed E-state index contributed by atoms with van der Waals surface area (Å²) in [6.07, 6.45) is 0.590. The molecule has 2 nitrogen and oxygen atoms in total. The average Bonchev–Trinajstić information content (AvgIpc) is 2.35. The van der Waals surface area contributed by atoms with Crippen LogP contribution in [0.15, 0.2) is 49.8 Å². The smallest absolute Gasteiger partial charge is 0.124 e. The molecule has 1 unspecified atom stereocenters. The van der Waals surface area contributed by atoms with Gasteiger partial charge in [0.2, 0.25) is 0 Å². The molecule has 0 saturated carbocycles. The second-order valence-corrected chi connectivity index (χ2v) is 7.05. The van der Waals surface area contributed by atoms with E-state index >= 15 is 0 Å².